The summed E-state index contributed by atoms with van der Waals surface area (Å²) in [7, 11) is 0. The Hall–Kier alpha value is -1.95. The summed E-state index contributed by atoms with van der Waals surface area (Å²) >= 11 is 3.50. The predicted octanol–water partition coefficient (Wildman–Crippen LogP) is 4.12. The molecule has 1 aliphatic rings. The van der Waals surface area contributed by atoms with Crippen molar-refractivity contribution in [2.75, 3.05) is 26.3 Å². The molecule has 0 bridgehead atoms. The molecule has 0 spiro atoms. The summed E-state index contributed by atoms with van der Waals surface area (Å²) in [6.07, 6.45) is 1.72. The van der Waals surface area contributed by atoms with E-state index < -0.39 is 0 Å². The first-order valence-electron chi connectivity index (χ1n) is 8.38. The zero-order valence-electron chi connectivity index (χ0n) is 13.7. The number of hydrogen-bond donors (Lipinski definition) is 1. The summed E-state index contributed by atoms with van der Waals surface area (Å²) in [6.45, 7) is 3.08. The van der Waals surface area contributed by atoms with Crippen LogP contribution in [0.1, 0.15) is 17.2 Å². The van der Waals surface area contributed by atoms with Gasteiger partial charge in [-0.3, -0.25) is 9.88 Å². The van der Waals surface area contributed by atoms with Crippen LogP contribution in [-0.4, -0.2) is 41.3 Å². The third-order valence-electron chi connectivity index (χ3n) is 4.67. The molecular weight excluding hydrogens is 380 g/mol. The Kier molecular flexibility index (Phi) is 4.70. The molecule has 0 amide bonds. The maximum atomic E-state index is 10.9. The van der Waals surface area contributed by atoms with Crippen molar-refractivity contribution in [3.8, 4) is 5.75 Å². The van der Waals surface area contributed by atoms with E-state index >= 15 is 0 Å². The maximum Gasteiger partial charge on any atom is 0.146 e. The number of pyridine rings is 1. The number of phenolic OH excluding ortho intramolecular Hbond substituents is 1. The molecule has 5 heteroatoms. The second kappa shape index (κ2) is 7.12. The van der Waals surface area contributed by atoms with Gasteiger partial charge in [-0.1, -0.05) is 46.3 Å². The molecule has 0 saturated carbocycles. The van der Waals surface area contributed by atoms with Crippen LogP contribution in [0.25, 0.3) is 10.9 Å². The number of hydrogen-bond acceptors (Lipinski definition) is 4. The summed E-state index contributed by atoms with van der Waals surface area (Å²) in [5, 5.41) is 11.9. The van der Waals surface area contributed by atoms with Crippen LogP contribution in [0.15, 0.2) is 59.2 Å². The lowest BCUT2D eigenvalue weighted by molar-refractivity contribution is 0.0236. The van der Waals surface area contributed by atoms with Crippen LogP contribution in [0.4, 0.5) is 0 Å². The minimum Gasteiger partial charge on any atom is -0.505 e. The summed E-state index contributed by atoms with van der Waals surface area (Å²) in [4.78, 5) is 6.73. The number of ether oxygens (including phenoxy) is 1. The molecule has 3 aromatic rings. The highest BCUT2D eigenvalue weighted by Gasteiger charge is 2.27. The van der Waals surface area contributed by atoms with Gasteiger partial charge in [0, 0.05) is 34.7 Å². The predicted molar refractivity (Wildman–Crippen MR) is 102 cm³/mol. The summed E-state index contributed by atoms with van der Waals surface area (Å²) < 4.78 is 6.56. The molecule has 1 aromatic heterocycles. The van der Waals surface area contributed by atoms with E-state index in [-0.39, 0.29) is 11.8 Å². The zero-order chi connectivity index (χ0) is 17.2. The van der Waals surface area contributed by atoms with E-state index in [4.69, 9.17) is 4.74 Å². The van der Waals surface area contributed by atoms with Crippen molar-refractivity contribution >= 4 is 26.8 Å². The minimum atomic E-state index is -0.0246. The van der Waals surface area contributed by atoms with E-state index in [1.165, 1.54) is 0 Å². The molecule has 2 heterocycles. The Labute approximate surface area is 155 Å². The van der Waals surface area contributed by atoms with Gasteiger partial charge in [-0.05, 0) is 23.8 Å². The SMILES string of the molecule is Oc1c([C@@H](c2ccc(Br)cc2)N2CCOCC2)ccc2cccnc12. The van der Waals surface area contributed by atoms with Crippen LogP contribution in [0.2, 0.25) is 0 Å². The van der Waals surface area contributed by atoms with Gasteiger partial charge in [-0.25, -0.2) is 0 Å². The fourth-order valence-corrected chi connectivity index (χ4v) is 3.70. The van der Waals surface area contributed by atoms with Crippen molar-refractivity contribution in [1.29, 1.82) is 0 Å². The monoisotopic (exact) mass is 398 g/mol. The van der Waals surface area contributed by atoms with Crippen LogP contribution in [0.5, 0.6) is 5.75 Å². The van der Waals surface area contributed by atoms with Gasteiger partial charge in [0.2, 0.25) is 0 Å². The van der Waals surface area contributed by atoms with E-state index in [9.17, 15) is 5.11 Å². The smallest absolute Gasteiger partial charge is 0.146 e. The summed E-state index contributed by atoms with van der Waals surface area (Å²) in [6, 6.07) is 16.2. The molecule has 1 atom stereocenters. The average Bonchev–Trinajstić information content (AvgIpc) is 2.66. The second-order valence-electron chi connectivity index (χ2n) is 6.18. The topological polar surface area (TPSA) is 45.6 Å². The molecule has 4 nitrogen and oxygen atoms in total. The minimum absolute atomic E-state index is 0.0246. The zero-order valence-corrected chi connectivity index (χ0v) is 15.3. The van der Waals surface area contributed by atoms with Crippen molar-refractivity contribution in [3.05, 3.63) is 70.3 Å². The van der Waals surface area contributed by atoms with Crippen molar-refractivity contribution in [1.82, 2.24) is 9.88 Å². The number of nitrogens with zero attached hydrogens (tertiary/aromatic N) is 2. The molecular formula is C20H19BrN2O2. The maximum absolute atomic E-state index is 10.9. The Morgan fingerprint density at radius 1 is 1.04 bits per heavy atom. The molecule has 2 aromatic carbocycles. The van der Waals surface area contributed by atoms with Crippen LogP contribution in [0, 0.1) is 0 Å². The van der Waals surface area contributed by atoms with E-state index in [0.29, 0.717) is 18.7 Å². The van der Waals surface area contributed by atoms with Crippen molar-refractivity contribution in [3.63, 3.8) is 0 Å². The number of morpholine rings is 1. The van der Waals surface area contributed by atoms with Crippen LogP contribution < -0.4 is 0 Å². The normalized spacial score (nSPS) is 16.8. The fraction of sp³-hybridized carbons (Fsp3) is 0.250. The van der Waals surface area contributed by atoms with Gasteiger partial charge in [0.1, 0.15) is 11.3 Å². The molecule has 4 rings (SSSR count). The summed E-state index contributed by atoms with van der Waals surface area (Å²) in [5.41, 5.74) is 2.68. The molecule has 1 fully saturated rings. The number of fused-ring (bicyclic) bond motifs is 1. The highest BCUT2D eigenvalue weighted by atomic mass is 79.9. The van der Waals surface area contributed by atoms with Gasteiger partial charge in [-0.2, -0.15) is 0 Å². The van der Waals surface area contributed by atoms with E-state index in [0.717, 1.165) is 34.1 Å². The first-order chi connectivity index (χ1) is 12.2. The van der Waals surface area contributed by atoms with E-state index in [1.54, 1.807) is 6.20 Å². The lowest BCUT2D eigenvalue weighted by Crippen LogP contribution is -2.39. The third-order valence-corrected chi connectivity index (χ3v) is 5.20. The summed E-state index contributed by atoms with van der Waals surface area (Å²) in [5.74, 6) is 0.262. The van der Waals surface area contributed by atoms with Crippen LogP contribution >= 0.6 is 15.9 Å². The third kappa shape index (κ3) is 3.27. The number of benzene rings is 2. The van der Waals surface area contributed by atoms with Gasteiger partial charge in [0.15, 0.2) is 0 Å². The van der Waals surface area contributed by atoms with Gasteiger partial charge >= 0.3 is 0 Å². The number of halogens is 1. The van der Waals surface area contributed by atoms with E-state index in [2.05, 4.69) is 37.9 Å². The van der Waals surface area contributed by atoms with Crippen LogP contribution in [0.3, 0.4) is 0 Å². The molecule has 1 aliphatic heterocycles. The largest absolute Gasteiger partial charge is 0.505 e. The lowest BCUT2D eigenvalue weighted by atomic mass is 9.94. The molecule has 0 unspecified atom stereocenters. The van der Waals surface area contributed by atoms with Gasteiger partial charge in [-0.15, -0.1) is 0 Å². The van der Waals surface area contributed by atoms with Crippen molar-refractivity contribution in [2.45, 2.75) is 6.04 Å². The van der Waals surface area contributed by atoms with Crippen molar-refractivity contribution in [2.24, 2.45) is 0 Å². The fourth-order valence-electron chi connectivity index (χ4n) is 3.43. The highest BCUT2D eigenvalue weighted by molar-refractivity contribution is 9.10. The number of aromatic hydroxyl groups is 1. The molecule has 128 valence electrons. The van der Waals surface area contributed by atoms with Gasteiger partial charge in [0.05, 0.1) is 19.3 Å². The highest BCUT2D eigenvalue weighted by Crippen LogP contribution is 2.38. The Morgan fingerprint density at radius 2 is 1.80 bits per heavy atom. The first-order valence-corrected chi connectivity index (χ1v) is 9.17. The Balaban J connectivity index is 1.85. The van der Waals surface area contributed by atoms with Gasteiger partial charge < -0.3 is 9.84 Å². The molecule has 25 heavy (non-hydrogen) atoms. The quantitative estimate of drug-likeness (QED) is 0.720. The Bertz CT molecular complexity index is 877. The molecule has 1 saturated heterocycles. The molecule has 0 aliphatic carbocycles. The average molecular weight is 399 g/mol. The first kappa shape index (κ1) is 16.5. The molecule has 0 radical (unpaired) electrons. The number of aromatic nitrogens is 1. The molecule has 1 N–H and O–H groups in total. The van der Waals surface area contributed by atoms with E-state index in [1.807, 2.05) is 36.4 Å². The lowest BCUT2D eigenvalue weighted by Gasteiger charge is -2.35. The van der Waals surface area contributed by atoms with Gasteiger partial charge in [0.25, 0.3) is 0 Å². The van der Waals surface area contributed by atoms with Crippen molar-refractivity contribution < 1.29 is 9.84 Å². The van der Waals surface area contributed by atoms with Crippen LogP contribution in [-0.2, 0) is 4.74 Å². The number of rotatable bonds is 3. The second-order valence-corrected chi connectivity index (χ2v) is 7.10. The Morgan fingerprint density at radius 3 is 2.56 bits per heavy atom. The standard InChI is InChI=1S/C20H19BrN2O2/c21-16-6-3-15(4-7-16)19(23-10-12-25-13-11-23)17-8-5-14-2-1-9-22-18(14)20(17)24/h1-9,19,24H,10-13H2/t19-/m1/s1. The number of phenols is 1.